The largest absolute Gasteiger partial charge is 0.387 e. The number of thiophene rings is 1. The molecule has 1 aliphatic heterocycles. The standard InChI is InChI=1S/C22H24N4O2S/c27-21(20-9-5-15-29-20)18-10-13-25(14-11-18)22(28)19-16-26(24-23-19)12-4-8-17-6-2-1-3-7-17/h1-9,15-16,18,21,27H,10-14H2/b8-4+/t21-/m1/s1. The number of aliphatic hydroxyl groups excluding tert-OH is 1. The van der Waals surface area contributed by atoms with E-state index in [0.717, 1.165) is 23.3 Å². The minimum Gasteiger partial charge on any atom is -0.387 e. The first-order valence-corrected chi connectivity index (χ1v) is 10.7. The van der Waals surface area contributed by atoms with Crippen molar-refractivity contribution in [2.24, 2.45) is 5.92 Å². The van der Waals surface area contributed by atoms with Crippen LogP contribution < -0.4 is 0 Å². The lowest BCUT2D eigenvalue weighted by Gasteiger charge is -2.33. The van der Waals surface area contributed by atoms with Crippen LogP contribution in [0.3, 0.4) is 0 Å². The van der Waals surface area contributed by atoms with Crippen LogP contribution in [0.2, 0.25) is 0 Å². The van der Waals surface area contributed by atoms with Crippen molar-refractivity contribution in [3.8, 4) is 0 Å². The molecule has 1 N–H and O–H groups in total. The minimum atomic E-state index is -0.440. The Hall–Kier alpha value is -2.77. The summed E-state index contributed by atoms with van der Waals surface area (Å²) >= 11 is 1.58. The average molecular weight is 409 g/mol. The number of nitrogens with zero attached hydrogens (tertiary/aromatic N) is 4. The lowest BCUT2D eigenvalue weighted by Crippen LogP contribution is -2.39. The topological polar surface area (TPSA) is 71.2 Å². The first-order valence-electron chi connectivity index (χ1n) is 9.83. The summed E-state index contributed by atoms with van der Waals surface area (Å²) in [5, 5.41) is 20.6. The fourth-order valence-corrected chi connectivity index (χ4v) is 4.42. The van der Waals surface area contributed by atoms with Crippen LogP contribution in [0, 0.1) is 5.92 Å². The number of carbonyl (C=O) groups is 1. The van der Waals surface area contributed by atoms with E-state index in [1.165, 1.54) is 0 Å². The zero-order chi connectivity index (χ0) is 20.1. The lowest BCUT2D eigenvalue weighted by molar-refractivity contribution is 0.0470. The number of aliphatic hydroxyl groups is 1. The van der Waals surface area contributed by atoms with Gasteiger partial charge in [0.05, 0.1) is 18.8 Å². The third-order valence-electron chi connectivity index (χ3n) is 5.27. The predicted molar refractivity (Wildman–Crippen MR) is 113 cm³/mol. The van der Waals surface area contributed by atoms with Crippen molar-refractivity contribution in [2.75, 3.05) is 13.1 Å². The third kappa shape index (κ3) is 4.81. The fraction of sp³-hybridized carbons (Fsp3) is 0.318. The molecule has 0 radical (unpaired) electrons. The molecule has 1 aliphatic rings. The van der Waals surface area contributed by atoms with Crippen molar-refractivity contribution in [3.05, 3.63) is 76.3 Å². The predicted octanol–water partition coefficient (Wildman–Crippen LogP) is 3.64. The number of likely N-dealkylation sites (tertiary alicyclic amines) is 1. The maximum atomic E-state index is 12.7. The molecule has 0 bridgehead atoms. The second-order valence-electron chi connectivity index (χ2n) is 7.23. The molecule has 3 aromatic rings. The molecule has 1 atom stereocenters. The second-order valence-corrected chi connectivity index (χ2v) is 8.21. The molecule has 4 rings (SSSR count). The highest BCUT2D eigenvalue weighted by atomic mass is 32.1. The number of rotatable bonds is 6. The van der Waals surface area contributed by atoms with Crippen LogP contribution in [-0.4, -0.2) is 44.0 Å². The van der Waals surface area contributed by atoms with Gasteiger partial charge in [0.15, 0.2) is 5.69 Å². The number of carbonyl (C=O) groups excluding carboxylic acids is 1. The molecular weight excluding hydrogens is 384 g/mol. The zero-order valence-corrected chi connectivity index (χ0v) is 16.9. The van der Waals surface area contributed by atoms with E-state index in [4.69, 9.17) is 0 Å². The molecule has 0 aliphatic carbocycles. The minimum absolute atomic E-state index is 0.0904. The maximum Gasteiger partial charge on any atom is 0.276 e. The second kappa shape index (κ2) is 9.15. The van der Waals surface area contributed by atoms with Gasteiger partial charge in [0.2, 0.25) is 0 Å². The molecule has 3 heterocycles. The molecule has 0 unspecified atom stereocenters. The van der Waals surface area contributed by atoms with Crippen molar-refractivity contribution in [1.29, 1.82) is 0 Å². The van der Waals surface area contributed by atoms with Crippen LogP contribution in [0.1, 0.15) is 39.9 Å². The number of hydrogen-bond donors (Lipinski definition) is 1. The summed E-state index contributed by atoms with van der Waals surface area (Å²) in [6.45, 7) is 1.82. The first kappa shape index (κ1) is 19.5. The van der Waals surface area contributed by atoms with Gasteiger partial charge in [-0.15, -0.1) is 16.4 Å². The SMILES string of the molecule is O=C(c1cn(C/C=C/c2ccccc2)nn1)N1CCC([C@@H](O)c2cccs2)CC1. The van der Waals surface area contributed by atoms with Gasteiger partial charge < -0.3 is 10.0 Å². The van der Waals surface area contributed by atoms with Crippen molar-refractivity contribution in [3.63, 3.8) is 0 Å². The highest BCUT2D eigenvalue weighted by molar-refractivity contribution is 7.10. The highest BCUT2D eigenvalue weighted by Gasteiger charge is 2.30. The Balaban J connectivity index is 1.30. The monoisotopic (exact) mass is 408 g/mol. The third-order valence-corrected chi connectivity index (χ3v) is 6.21. The van der Waals surface area contributed by atoms with Crippen molar-refractivity contribution in [1.82, 2.24) is 19.9 Å². The maximum absolute atomic E-state index is 12.7. The molecule has 0 spiro atoms. The van der Waals surface area contributed by atoms with E-state index in [1.54, 1.807) is 22.2 Å². The van der Waals surface area contributed by atoms with Crippen molar-refractivity contribution < 1.29 is 9.90 Å². The Morgan fingerprint density at radius 3 is 2.72 bits per heavy atom. The summed E-state index contributed by atoms with van der Waals surface area (Å²) < 4.78 is 1.67. The van der Waals surface area contributed by atoms with Crippen LogP contribution in [0.4, 0.5) is 0 Å². The summed E-state index contributed by atoms with van der Waals surface area (Å²) in [7, 11) is 0. The van der Waals surface area contributed by atoms with Gasteiger partial charge in [-0.25, -0.2) is 4.68 Å². The van der Waals surface area contributed by atoms with Crippen LogP contribution in [-0.2, 0) is 6.54 Å². The van der Waals surface area contributed by atoms with Gasteiger partial charge in [-0.2, -0.15) is 0 Å². The molecule has 7 heteroatoms. The van der Waals surface area contributed by atoms with Gasteiger partial charge >= 0.3 is 0 Å². The Morgan fingerprint density at radius 1 is 1.21 bits per heavy atom. The molecule has 6 nitrogen and oxygen atoms in total. The summed E-state index contributed by atoms with van der Waals surface area (Å²) in [6.07, 6.45) is 6.86. The van der Waals surface area contributed by atoms with Gasteiger partial charge in [-0.3, -0.25) is 4.79 Å². The van der Waals surface area contributed by atoms with Gasteiger partial charge in [-0.05, 0) is 35.8 Å². The Labute approximate surface area is 174 Å². The Kier molecular flexibility index (Phi) is 6.17. The summed E-state index contributed by atoms with van der Waals surface area (Å²) in [5.41, 5.74) is 1.49. The number of piperidine rings is 1. The number of amides is 1. The Morgan fingerprint density at radius 2 is 2.00 bits per heavy atom. The first-order chi connectivity index (χ1) is 14.2. The molecule has 150 valence electrons. The van der Waals surface area contributed by atoms with Gasteiger partial charge in [0.25, 0.3) is 5.91 Å². The van der Waals surface area contributed by atoms with Crippen LogP contribution in [0.15, 0.2) is 60.1 Å². The van der Waals surface area contributed by atoms with Crippen LogP contribution in [0.25, 0.3) is 6.08 Å². The van der Waals surface area contributed by atoms with E-state index in [9.17, 15) is 9.90 Å². The zero-order valence-electron chi connectivity index (χ0n) is 16.1. The molecule has 1 amide bonds. The average Bonchev–Trinajstić information content (AvgIpc) is 3.46. The normalized spacial score (nSPS) is 16.4. The number of benzene rings is 1. The molecule has 1 aromatic carbocycles. The Bertz CT molecular complexity index is 944. The van der Waals surface area contributed by atoms with Crippen LogP contribution >= 0.6 is 11.3 Å². The van der Waals surface area contributed by atoms with E-state index in [0.29, 0.717) is 25.3 Å². The molecule has 2 aromatic heterocycles. The van der Waals surface area contributed by atoms with Crippen molar-refractivity contribution in [2.45, 2.75) is 25.5 Å². The lowest BCUT2D eigenvalue weighted by atomic mass is 9.90. The van der Waals surface area contributed by atoms with E-state index in [1.807, 2.05) is 64.9 Å². The number of hydrogen-bond acceptors (Lipinski definition) is 5. The van der Waals surface area contributed by atoms with Crippen LogP contribution in [0.5, 0.6) is 0 Å². The van der Waals surface area contributed by atoms with E-state index < -0.39 is 6.10 Å². The van der Waals surface area contributed by atoms with Gasteiger partial charge in [0, 0.05) is 18.0 Å². The quantitative estimate of drug-likeness (QED) is 0.676. The number of aromatic nitrogens is 3. The number of allylic oxidation sites excluding steroid dienone is 1. The molecule has 29 heavy (non-hydrogen) atoms. The molecule has 0 saturated carbocycles. The van der Waals surface area contributed by atoms with Gasteiger partial charge in [-0.1, -0.05) is 53.8 Å². The van der Waals surface area contributed by atoms with Crippen molar-refractivity contribution >= 4 is 23.3 Å². The van der Waals surface area contributed by atoms with E-state index >= 15 is 0 Å². The summed E-state index contributed by atoms with van der Waals surface area (Å²) in [6, 6.07) is 14.0. The summed E-state index contributed by atoms with van der Waals surface area (Å²) in [5.74, 6) is 0.101. The molecule has 1 saturated heterocycles. The van der Waals surface area contributed by atoms with E-state index in [2.05, 4.69) is 10.3 Å². The van der Waals surface area contributed by atoms with E-state index in [-0.39, 0.29) is 11.8 Å². The smallest absolute Gasteiger partial charge is 0.276 e. The summed E-state index contributed by atoms with van der Waals surface area (Å²) in [4.78, 5) is 15.6. The fourth-order valence-electron chi connectivity index (χ4n) is 3.62. The highest BCUT2D eigenvalue weighted by Crippen LogP contribution is 2.33. The van der Waals surface area contributed by atoms with Gasteiger partial charge in [0.1, 0.15) is 0 Å². The molecule has 1 fully saturated rings. The molecular formula is C22H24N4O2S.